The largest absolute Gasteiger partial charge is 0.397 e. The maximum Gasteiger partial charge on any atom is 0.0967 e. The minimum Gasteiger partial charge on any atom is -0.397 e. The van der Waals surface area contributed by atoms with Crippen LogP contribution in [0.15, 0.2) is 41.6 Å². The van der Waals surface area contributed by atoms with Crippen LogP contribution in [0.5, 0.6) is 0 Å². The highest BCUT2D eigenvalue weighted by molar-refractivity contribution is 7.98. The van der Waals surface area contributed by atoms with Crippen molar-refractivity contribution in [1.29, 1.82) is 0 Å². The lowest BCUT2D eigenvalue weighted by Gasteiger charge is -2.04. The molecular formula is C13H13ClN2S. The third-order valence-electron chi connectivity index (χ3n) is 2.43. The first kappa shape index (κ1) is 12.3. The maximum absolute atomic E-state index is 5.83. The highest BCUT2D eigenvalue weighted by Crippen LogP contribution is 2.23. The van der Waals surface area contributed by atoms with Crippen LogP contribution in [-0.2, 0) is 5.75 Å². The summed E-state index contributed by atoms with van der Waals surface area (Å²) in [7, 11) is 0. The summed E-state index contributed by atoms with van der Waals surface area (Å²) in [5.41, 5.74) is 8.76. The molecule has 0 radical (unpaired) electrons. The van der Waals surface area contributed by atoms with Crippen molar-refractivity contribution in [2.45, 2.75) is 17.7 Å². The summed E-state index contributed by atoms with van der Waals surface area (Å²) in [4.78, 5) is 4.28. The highest BCUT2D eigenvalue weighted by Gasteiger charge is 2.00. The number of thioether (sulfide) groups is 1. The van der Waals surface area contributed by atoms with Gasteiger partial charge in [0.1, 0.15) is 0 Å². The summed E-state index contributed by atoms with van der Waals surface area (Å²) in [5.74, 6) is 0.882. The zero-order valence-electron chi connectivity index (χ0n) is 9.48. The topological polar surface area (TPSA) is 38.9 Å². The number of pyridine rings is 1. The summed E-state index contributed by atoms with van der Waals surface area (Å²) in [6, 6.07) is 9.87. The van der Waals surface area contributed by atoms with Crippen LogP contribution in [0.25, 0.3) is 0 Å². The van der Waals surface area contributed by atoms with E-state index in [1.807, 2.05) is 37.3 Å². The Morgan fingerprint density at radius 1 is 1.29 bits per heavy atom. The van der Waals surface area contributed by atoms with Crippen LogP contribution >= 0.6 is 23.4 Å². The van der Waals surface area contributed by atoms with Gasteiger partial charge in [0, 0.05) is 10.8 Å². The number of aromatic nitrogens is 1. The molecule has 2 aromatic rings. The summed E-state index contributed by atoms with van der Waals surface area (Å²) in [5, 5.41) is 1.76. The average Bonchev–Trinajstić information content (AvgIpc) is 2.33. The molecule has 0 spiro atoms. The van der Waals surface area contributed by atoms with E-state index in [2.05, 4.69) is 4.98 Å². The molecular weight excluding hydrogens is 252 g/mol. The summed E-state index contributed by atoms with van der Waals surface area (Å²) >= 11 is 7.53. The van der Waals surface area contributed by atoms with Crippen molar-refractivity contribution in [3.05, 3.63) is 52.7 Å². The lowest BCUT2D eigenvalue weighted by molar-refractivity contribution is 1.11. The molecule has 17 heavy (non-hydrogen) atoms. The second-order valence-electron chi connectivity index (χ2n) is 3.79. The monoisotopic (exact) mass is 264 g/mol. The Morgan fingerprint density at radius 3 is 2.65 bits per heavy atom. The van der Waals surface area contributed by atoms with E-state index in [0.717, 1.165) is 27.1 Å². The van der Waals surface area contributed by atoms with E-state index < -0.39 is 0 Å². The van der Waals surface area contributed by atoms with E-state index in [9.17, 15) is 0 Å². The number of halogens is 1. The molecule has 2 nitrogen and oxygen atoms in total. The van der Waals surface area contributed by atoms with Gasteiger partial charge in [0.2, 0.25) is 0 Å². The van der Waals surface area contributed by atoms with Gasteiger partial charge in [0.25, 0.3) is 0 Å². The van der Waals surface area contributed by atoms with Crippen molar-refractivity contribution >= 4 is 29.1 Å². The Hall–Kier alpha value is -1.19. The van der Waals surface area contributed by atoms with Gasteiger partial charge >= 0.3 is 0 Å². The Labute approximate surface area is 110 Å². The third-order valence-corrected chi connectivity index (χ3v) is 3.67. The van der Waals surface area contributed by atoms with Crippen LogP contribution in [0.1, 0.15) is 11.1 Å². The first-order valence-electron chi connectivity index (χ1n) is 5.24. The minimum absolute atomic E-state index is 0.737. The molecule has 2 N–H and O–H groups in total. The van der Waals surface area contributed by atoms with Gasteiger partial charge in [-0.1, -0.05) is 23.7 Å². The van der Waals surface area contributed by atoms with Gasteiger partial charge in [0.15, 0.2) is 0 Å². The predicted octanol–water partition coefficient (Wildman–Crippen LogP) is 3.92. The van der Waals surface area contributed by atoms with E-state index in [1.165, 1.54) is 5.56 Å². The lowest BCUT2D eigenvalue weighted by Crippen LogP contribution is -1.92. The molecule has 1 heterocycles. The van der Waals surface area contributed by atoms with Crippen molar-refractivity contribution in [2.75, 3.05) is 5.73 Å². The number of anilines is 1. The highest BCUT2D eigenvalue weighted by atomic mass is 35.5. The van der Waals surface area contributed by atoms with E-state index in [0.29, 0.717) is 0 Å². The van der Waals surface area contributed by atoms with Crippen LogP contribution in [-0.4, -0.2) is 4.98 Å². The zero-order chi connectivity index (χ0) is 12.3. The number of nitrogens with two attached hydrogens (primary N) is 1. The standard InChI is InChI=1S/C13H13ClN2S/c1-9-6-13(16-7-12(9)15)17-8-10-2-4-11(14)5-3-10/h2-7H,8,15H2,1H3. The van der Waals surface area contributed by atoms with Crippen molar-refractivity contribution in [2.24, 2.45) is 0 Å². The van der Waals surface area contributed by atoms with Crippen LogP contribution in [0.3, 0.4) is 0 Å². The quantitative estimate of drug-likeness (QED) is 0.854. The Kier molecular flexibility index (Phi) is 3.92. The average molecular weight is 265 g/mol. The lowest BCUT2D eigenvalue weighted by atomic mass is 10.2. The molecule has 4 heteroatoms. The molecule has 1 aromatic heterocycles. The maximum atomic E-state index is 5.83. The van der Waals surface area contributed by atoms with Crippen LogP contribution in [0.4, 0.5) is 5.69 Å². The van der Waals surface area contributed by atoms with Crippen molar-refractivity contribution in [1.82, 2.24) is 4.98 Å². The van der Waals surface area contributed by atoms with Gasteiger partial charge in [-0.3, -0.25) is 0 Å². The minimum atomic E-state index is 0.737. The molecule has 0 atom stereocenters. The molecule has 0 aliphatic carbocycles. The third kappa shape index (κ3) is 3.38. The van der Waals surface area contributed by atoms with Crippen LogP contribution in [0, 0.1) is 6.92 Å². The first-order valence-corrected chi connectivity index (χ1v) is 6.61. The van der Waals surface area contributed by atoms with E-state index in [4.69, 9.17) is 17.3 Å². The van der Waals surface area contributed by atoms with E-state index in [-0.39, 0.29) is 0 Å². The fourth-order valence-electron chi connectivity index (χ4n) is 1.36. The number of hydrogen-bond donors (Lipinski definition) is 1. The molecule has 0 bridgehead atoms. The van der Waals surface area contributed by atoms with Gasteiger partial charge in [-0.25, -0.2) is 4.98 Å². The summed E-state index contributed by atoms with van der Waals surface area (Å²) in [6.07, 6.45) is 1.71. The van der Waals surface area contributed by atoms with Crippen LogP contribution in [0.2, 0.25) is 5.02 Å². The molecule has 1 aromatic carbocycles. The number of nitrogens with zero attached hydrogens (tertiary/aromatic N) is 1. The van der Waals surface area contributed by atoms with E-state index in [1.54, 1.807) is 18.0 Å². The Morgan fingerprint density at radius 2 is 2.00 bits per heavy atom. The second kappa shape index (κ2) is 5.43. The number of benzene rings is 1. The summed E-state index contributed by atoms with van der Waals surface area (Å²) < 4.78 is 0. The number of hydrogen-bond acceptors (Lipinski definition) is 3. The van der Waals surface area contributed by atoms with Gasteiger partial charge in [-0.05, 0) is 36.2 Å². The molecule has 0 aliphatic rings. The molecule has 0 aliphatic heterocycles. The Balaban J connectivity index is 2.02. The molecule has 88 valence electrons. The number of aryl methyl sites for hydroxylation is 1. The van der Waals surface area contributed by atoms with Crippen LogP contribution < -0.4 is 5.73 Å². The van der Waals surface area contributed by atoms with E-state index >= 15 is 0 Å². The molecule has 0 saturated heterocycles. The summed E-state index contributed by atoms with van der Waals surface area (Å²) in [6.45, 7) is 1.99. The fraction of sp³-hybridized carbons (Fsp3) is 0.154. The predicted molar refractivity (Wildman–Crippen MR) is 74.4 cm³/mol. The zero-order valence-corrected chi connectivity index (χ0v) is 11.1. The first-order chi connectivity index (χ1) is 8.15. The molecule has 0 amide bonds. The fourth-order valence-corrected chi connectivity index (χ4v) is 2.38. The molecule has 2 rings (SSSR count). The SMILES string of the molecule is Cc1cc(SCc2ccc(Cl)cc2)ncc1N. The van der Waals surface area contributed by atoms with Crippen molar-refractivity contribution < 1.29 is 0 Å². The number of rotatable bonds is 3. The molecule has 0 saturated carbocycles. The smallest absolute Gasteiger partial charge is 0.0967 e. The van der Waals surface area contributed by atoms with Crippen molar-refractivity contribution in [3.8, 4) is 0 Å². The molecule has 0 fully saturated rings. The van der Waals surface area contributed by atoms with Gasteiger partial charge in [-0.2, -0.15) is 0 Å². The number of nitrogen functional groups attached to an aromatic ring is 1. The van der Waals surface area contributed by atoms with Gasteiger partial charge in [0.05, 0.1) is 16.9 Å². The second-order valence-corrected chi connectivity index (χ2v) is 5.23. The molecule has 0 unspecified atom stereocenters. The van der Waals surface area contributed by atoms with Gasteiger partial charge < -0.3 is 5.73 Å². The Bertz CT molecular complexity index is 511. The van der Waals surface area contributed by atoms with Crippen molar-refractivity contribution in [3.63, 3.8) is 0 Å². The normalized spacial score (nSPS) is 10.5. The van der Waals surface area contributed by atoms with Gasteiger partial charge in [-0.15, -0.1) is 11.8 Å².